The Bertz CT molecular complexity index is 1140. The molecule has 1 fully saturated rings. The fraction of sp³-hybridized carbons (Fsp3) is 0.238. The molecule has 0 spiro atoms. The summed E-state index contributed by atoms with van der Waals surface area (Å²) in [5.41, 5.74) is -0.0755. The number of pyridine rings is 1. The zero-order valence-electron chi connectivity index (χ0n) is 15.7. The van der Waals surface area contributed by atoms with Crippen molar-refractivity contribution in [2.45, 2.75) is 0 Å². The van der Waals surface area contributed by atoms with Crippen LogP contribution in [-0.2, 0) is 0 Å². The fourth-order valence-electron chi connectivity index (χ4n) is 3.53. The van der Waals surface area contributed by atoms with Crippen LogP contribution in [0.5, 0.6) is 5.75 Å². The van der Waals surface area contributed by atoms with E-state index in [9.17, 15) is 14.7 Å². The average Bonchev–Trinajstić information content (AvgIpc) is 2.74. The van der Waals surface area contributed by atoms with Gasteiger partial charge >= 0.3 is 5.97 Å². The maximum Gasteiger partial charge on any atom is 0.344 e. The molecule has 4 rings (SSSR count). The largest absolute Gasteiger partial charge is 0.497 e. The topological polar surface area (TPSA) is 71.8 Å². The van der Waals surface area contributed by atoms with Gasteiger partial charge in [0.05, 0.1) is 12.6 Å². The lowest BCUT2D eigenvalue weighted by molar-refractivity contribution is 0.0689. The van der Waals surface area contributed by atoms with Gasteiger partial charge in [0.25, 0.3) is 0 Å². The van der Waals surface area contributed by atoms with E-state index >= 15 is 4.39 Å². The van der Waals surface area contributed by atoms with Crippen LogP contribution in [0, 0.1) is 5.95 Å². The number of benzene rings is 2. The molecule has 0 atom stereocenters. The first-order valence-corrected chi connectivity index (χ1v) is 10.3. The molecule has 3 aromatic rings. The molecule has 0 radical (unpaired) electrons. The summed E-state index contributed by atoms with van der Waals surface area (Å²) < 4.78 is 21.6. The first-order chi connectivity index (χ1) is 14.0. The van der Waals surface area contributed by atoms with Crippen LogP contribution in [-0.4, -0.2) is 47.3 Å². The lowest BCUT2D eigenvalue weighted by Gasteiger charge is -2.29. The third-order valence-corrected chi connectivity index (χ3v) is 5.96. The predicted molar refractivity (Wildman–Crippen MR) is 113 cm³/mol. The van der Waals surface area contributed by atoms with E-state index in [4.69, 9.17) is 4.74 Å². The van der Waals surface area contributed by atoms with Crippen LogP contribution in [0.2, 0.25) is 0 Å². The summed E-state index contributed by atoms with van der Waals surface area (Å²) in [5, 5.41) is 9.60. The number of hydrogen-bond acceptors (Lipinski definition) is 5. The maximum atomic E-state index is 15.3. The minimum Gasteiger partial charge on any atom is -0.497 e. The first kappa shape index (κ1) is 19.3. The second-order valence-corrected chi connectivity index (χ2v) is 7.86. The average molecular weight is 414 g/mol. The van der Waals surface area contributed by atoms with Gasteiger partial charge in [-0.25, -0.2) is 4.79 Å². The van der Waals surface area contributed by atoms with Gasteiger partial charge in [-0.15, -0.1) is 0 Å². The smallest absolute Gasteiger partial charge is 0.344 e. The van der Waals surface area contributed by atoms with Crippen LogP contribution in [0.25, 0.3) is 16.6 Å². The molecule has 2 aromatic carbocycles. The van der Waals surface area contributed by atoms with E-state index in [2.05, 4.69) is 4.90 Å². The molecule has 8 heteroatoms. The standard InChI is InChI=1S/C21H19FN2O4S/c1-28-15-5-2-13(3-6-15)24-17-12-14(23-8-10-29-11-9-23)4-7-16(17)19(25)18(20(24)22)21(26)27/h2-7,12H,8-11H2,1H3,(H,26,27). The molecule has 0 aliphatic carbocycles. The molecule has 0 saturated carbocycles. The van der Waals surface area contributed by atoms with Crippen molar-refractivity contribution in [3.8, 4) is 11.4 Å². The van der Waals surface area contributed by atoms with Crippen molar-refractivity contribution in [2.24, 2.45) is 0 Å². The van der Waals surface area contributed by atoms with Crippen LogP contribution in [0.1, 0.15) is 10.4 Å². The molecule has 2 heterocycles. The number of fused-ring (bicyclic) bond motifs is 1. The van der Waals surface area contributed by atoms with Gasteiger partial charge in [-0.05, 0) is 42.5 Å². The molecule has 1 saturated heterocycles. The third kappa shape index (κ3) is 3.44. The van der Waals surface area contributed by atoms with Crippen molar-refractivity contribution in [2.75, 3.05) is 36.6 Å². The summed E-state index contributed by atoms with van der Waals surface area (Å²) in [6.45, 7) is 1.72. The Labute approximate surface area is 170 Å². The number of anilines is 1. The molecule has 1 aliphatic rings. The maximum absolute atomic E-state index is 15.3. The van der Waals surface area contributed by atoms with E-state index in [1.807, 2.05) is 11.8 Å². The molecular formula is C21H19FN2O4S. The van der Waals surface area contributed by atoms with Crippen LogP contribution in [0.15, 0.2) is 47.3 Å². The number of carbonyl (C=O) groups is 1. The SMILES string of the molecule is COc1ccc(-n2c(F)c(C(=O)O)c(=O)c3ccc(N4CCSCC4)cc32)cc1. The number of carboxylic acid groups (broad SMARTS) is 1. The van der Waals surface area contributed by atoms with Crippen molar-refractivity contribution in [3.63, 3.8) is 0 Å². The van der Waals surface area contributed by atoms with Gasteiger partial charge in [-0.2, -0.15) is 16.2 Å². The van der Waals surface area contributed by atoms with E-state index < -0.39 is 22.9 Å². The van der Waals surface area contributed by atoms with E-state index in [1.54, 1.807) is 42.5 Å². The lowest BCUT2D eigenvalue weighted by atomic mass is 10.1. The van der Waals surface area contributed by atoms with Gasteiger partial charge in [-0.3, -0.25) is 9.36 Å². The van der Waals surface area contributed by atoms with E-state index in [1.165, 1.54) is 11.7 Å². The number of nitrogens with zero attached hydrogens (tertiary/aromatic N) is 2. The molecule has 1 aliphatic heterocycles. The Morgan fingerprint density at radius 3 is 2.38 bits per heavy atom. The Balaban J connectivity index is 2.00. The number of hydrogen-bond donors (Lipinski definition) is 1. The fourth-order valence-corrected chi connectivity index (χ4v) is 4.43. The molecule has 6 nitrogen and oxygen atoms in total. The van der Waals surface area contributed by atoms with Crippen molar-refractivity contribution >= 4 is 34.3 Å². The normalized spacial score (nSPS) is 14.2. The van der Waals surface area contributed by atoms with Gasteiger partial charge in [0, 0.05) is 41.4 Å². The van der Waals surface area contributed by atoms with Crippen LogP contribution in [0.4, 0.5) is 10.1 Å². The molecule has 29 heavy (non-hydrogen) atoms. The minimum absolute atomic E-state index is 0.162. The van der Waals surface area contributed by atoms with Gasteiger partial charge in [-0.1, -0.05) is 0 Å². The predicted octanol–water partition coefficient (Wildman–Crippen LogP) is 3.39. The van der Waals surface area contributed by atoms with Crippen molar-refractivity contribution in [1.82, 2.24) is 4.57 Å². The van der Waals surface area contributed by atoms with E-state index in [-0.39, 0.29) is 5.39 Å². The second kappa shape index (κ2) is 7.79. The van der Waals surface area contributed by atoms with Crippen molar-refractivity contribution < 1.29 is 19.0 Å². The van der Waals surface area contributed by atoms with Gasteiger partial charge in [0.2, 0.25) is 11.4 Å². The highest BCUT2D eigenvalue weighted by atomic mass is 32.2. The highest BCUT2D eigenvalue weighted by Gasteiger charge is 2.24. The summed E-state index contributed by atoms with van der Waals surface area (Å²) in [5.74, 6) is -0.101. The molecule has 150 valence electrons. The summed E-state index contributed by atoms with van der Waals surface area (Å²) in [7, 11) is 1.52. The van der Waals surface area contributed by atoms with Crippen LogP contribution >= 0.6 is 11.8 Å². The summed E-state index contributed by atoms with van der Waals surface area (Å²) in [4.78, 5) is 26.5. The zero-order chi connectivity index (χ0) is 20.5. The molecule has 0 amide bonds. The Kier molecular flexibility index (Phi) is 5.19. The number of methoxy groups -OCH3 is 1. The number of aromatic nitrogens is 1. The summed E-state index contributed by atoms with van der Waals surface area (Å²) in [6.07, 6.45) is 0. The quantitative estimate of drug-likeness (QED) is 0.660. The van der Waals surface area contributed by atoms with Gasteiger partial charge in [0.15, 0.2) is 5.56 Å². The van der Waals surface area contributed by atoms with E-state index in [0.717, 1.165) is 30.3 Å². The number of ether oxygens (including phenoxy) is 1. The monoisotopic (exact) mass is 414 g/mol. The van der Waals surface area contributed by atoms with Crippen LogP contribution in [0.3, 0.4) is 0 Å². The first-order valence-electron chi connectivity index (χ1n) is 9.10. The van der Waals surface area contributed by atoms with Crippen molar-refractivity contribution in [3.05, 3.63) is 64.2 Å². The highest BCUT2D eigenvalue weighted by Crippen LogP contribution is 2.28. The Hall–Kier alpha value is -3.00. The molecule has 0 unspecified atom stereocenters. The summed E-state index contributed by atoms with van der Waals surface area (Å²) in [6, 6.07) is 11.7. The molecule has 1 aromatic heterocycles. The van der Waals surface area contributed by atoms with E-state index in [0.29, 0.717) is 17.0 Å². The molecular weight excluding hydrogens is 395 g/mol. The number of halogens is 1. The molecule has 0 bridgehead atoms. The number of rotatable bonds is 4. The number of aromatic carboxylic acids is 1. The van der Waals surface area contributed by atoms with Gasteiger partial charge < -0.3 is 14.7 Å². The summed E-state index contributed by atoms with van der Waals surface area (Å²) >= 11 is 1.88. The Morgan fingerprint density at radius 2 is 1.76 bits per heavy atom. The second-order valence-electron chi connectivity index (χ2n) is 6.63. The highest BCUT2D eigenvalue weighted by molar-refractivity contribution is 7.99. The lowest BCUT2D eigenvalue weighted by Crippen LogP contribution is -2.32. The number of carboxylic acids is 1. The third-order valence-electron chi connectivity index (χ3n) is 5.02. The zero-order valence-corrected chi connectivity index (χ0v) is 16.5. The number of thioether (sulfide) groups is 1. The molecule has 1 N–H and O–H groups in total. The van der Waals surface area contributed by atoms with Gasteiger partial charge in [0.1, 0.15) is 5.75 Å². The van der Waals surface area contributed by atoms with Crippen molar-refractivity contribution in [1.29, 1.82) is 0 Å². The minimum atomic E-state index is -1.59. The Morgan fingerprint density at radius 1 is 1.10 bits per heavy atom. The van der Waals surface area contributed by atoms with Crippen LogP contribution < -0.4 is 15.1 Å².